The van der Waals surface area contributed by atoms with Crippen LogP contribution in [0.15, 0.2) is 70.5 Å². The van der Waals surface area contributed by atoms with E-state index in [1.54, 1.807) is 0 Å². The fourth-order valence-corrected chi connectivity index (χ4v) is 4.81. The monoisotopic (exact) mass is 398 g/mol. The summed E-state index contributed by atoms with van der Waals surface area (Å²) in [5.74, 6) is 0.0552. The summed E-state index contributed by atoms with van der Waals surface area (Å²) in [5.41, 5.74) is 2.32. The van der Waals surface area contributed by atoms with Gasteiger partial charge in [0, 0.05) is 15.7 Å². The summed E-state index contributed by atoms with van der Waals surface area (Å²) in [4.78, 5) is 1.64. The second-order valence-corrected chi connectivity index (χ2v) is 8.95. The second-order valence-electron chi connectivity index (χ2n) is 7.47. The van der Waals surface area contributed by atoms with E-state index in [1.165, 1.54) is 5.56 Å². The predicted octanol–water partition coefficient (Wildman–Crippen LogP) is 6.51. The molecular formula is C25H34O2S. The highest BCUT2D eigenvalue weighted by Crippen LogP contribution is 2.35. The number of unbranched alkanes of at least 4 members (excludes halogenated alkanes) is 2. The van der Waals surface area contributed by atoms with Gasteiger partial charge >= 0.3 is 0 Å². The zero-order valence-electron chi connectivity index (χ0n) is 17.4. The Morgan fingerprint density at radius 2 is 1.57 bits per heavy atom. The molecule has 0 saturated heterocycles. The van der Waals surface area contributed by atoms with Crippen LogP contribution in [0.1, 0.15) is 69.4 Å². The van der Waals surface area contributed by atoms with Gasteiger partial charge in [0.25, 0.3) is 0 Å². The number of hydrogen-bond donors (Lipinski definition) is 1. The summed E-state index contributed by atoms with van der Waals surface area (Å²) >= 11 is 0. The Labute approximate surface area is 173 Å². The van der Waals surface area contributed by atoms with Gasteiger partial charge in [-0.05, 0) is 43.5 Å². The highest BCUT2D eigenvalue weighted by molar-refractivity contribution is 7.89. The van der Waals surface area contributed by atoms with Crippen LogP contribution in [0, 0.1) is 6.92 Å². The fraction of sp³-hybridized carbons (Fsp3) is 0.440. The smallest absolute Gasteiger partial charge is 0.0812 e. The molecule has 28 heavy (non-hydrogen) atoms. The van der Waals surface area contributed by atoms with Crippen LogP contribution in [-0.2, 0) is 10.8 Å². The standard InChI is InChI=1S/C25H34O2S/c1-4-6-13-22(26)19-25(28(27)23-17-15-20(3)16-18-23)24(14-7-5-2)21-11-9-8-10-12-21/h8-12,15-19,22,24,26H,4-7,13-14H2,1-3H3/b25-19-/t22-,24+,28+/m1/s1. The van der Waals surface area contributed by atoms with E-state index in [0.717, 1.165) is 47.5 Å². The van der Waals surface area contributed by atoms with E-state index in [1.807, 2.05) is 55.5 Å². The quantitative estimate of drug-likeness (QED) is 0.468. The third-order valence-corrected chi connectivity index (χ3v) is 6.60. The molecule has 152 valence electrons. The Balaban J connectivity index is 2.45. The molecule has 0 unspecified atom stereocenters. The molecule has 1 N–H and O–H groups in total. The van der Waals surface area contributed by atoms with Crippen LogP contribution < -0.4 is 0 Å². The molecule has 0 aliphatic carbocycles. The lowest BCUT2D eigenvalue weighted by Crippen LogP contribution is -2.13. The zero-order valence-corrected chi connectivity index (χ0v) is 18.3. The molecule has 2 aromatic rings. The summed E-state index contributed by atoms with van der Waals surface area (Å²) in [6.07, 6.45) is 7.12. The van der Waals surface area contributed by atoms with E-state index in [2.05, 4.69) is 26.0 Å². The second kappa shape index (κ2) is 12.0. The molecule has 0 bridgehead atoms. The first-order valence-electron chi connectivity index (χ1n) is 10.5. The van der Waals surface area contributed by atoms with Gasteiger partial charge in [0.2, 0.25) is 0 Å². The summed E-state index contributed by atoms with van der Waals surface area (Å²) in [6, 6.07) is 18.2. The molecule has 0 spiro atoms. The van der Waals surface area contributed by atoms with Crippen LogP contribution in [0.25, 0.3) is 0 Å². The van der Waals surface area contributed by atoms with Gasteiger partial charge in [-0.3, -0.25) is 0 Å². The molecule has 3 atom stereocenters. The molecule has 0 aliphatic rings. The Morgan fingerprint density at radius 1 is 0.964 bits per heavy atom. The van der Waals surface area contributed by atoms with Crippen molar-refractivity contribution in [2.75, 3.05) is 0 Å². The zero-order chi connectivity index (χ0) is 20.4. The molecule has 0 radical (unpaired) electrons. The van der Waals surface area contributed by atoms with Crippen molar-refractivity contribution < 1.29 is 9.32 Å². The van der Waals surface area contributed by atoms with Crippen molar-refractivity contribution in [3.63, 3.8) is 0 Å². The molecule has 2 aromatic carbocycles. The maximum Gasteiger partial charge on any atom is 0.0812 e. The maximum absolute atomic E-state index is 13.6. The first-order chi connectivity index (χ1) is 13.6. The molecule has 0 amide bonds. The first kappa shape index (κ1) is 22.6. The van der Waals surface area contributed by atoms with Crippen molar-refractivity contribution >= 4 is 10.8 Å². The normalized spacial score (nSPS) is 15.2. The number of aliphatic hydroxyl groups excluding tert-OH is 1. The van der Waals surface area contributed by atoms with E-state index in [0.29, 0.717) is 6.42 Å². The summed E-state index contributed by atoms with van der Waals surface area (Å²) in [7, 11) is -1.29. The Kier molecular flexibility index (Phi) is 9.66. The largest absolute Gasteiger partial charge is 0.389 e. The minimum Gasteiger partial charge on any atom is -0.389 e. The molecule has 0 fully saturated rings. The van der Waals surface area contributed by atoms with E-state index in [9.17, 15) is 9.32 Å². The van der Waals surface area contributed by atoms with Crippen LogP contribution in [0.4, 0.5) is 0 Å². The fourth-order valence-electron chi connectivity index (χ4n) is 3.36. The molecule has 0 aliphatic heterocycles. The summed E-state index contributed by atoms with van der Waals surface area (Å²) in [5, 5.41) is 10.6. The Bertz CT molecular complexity index is 750. The number of rotatable bonds is 11. The van der Waals surface area contributed by atoms with Gasteiger partial charge in [-0.15, -0.1) is 0 Å². The van der Waals surface area contributed by atoms with Crippen LogP contribution in [0.5, 0.6) is 0 Å². The van der Waals surface area contributed by atoms with Gasteiger partial charge in [0.05, 0.1) is 16.9 Å². The van der Waals surface area contributed by atoms with Crippen molar-refractivity contribution in [2.24, 2.45) is 0 Å². The summed E-state index contributed by atoms with van der Waals surface area (Å²) < 4.78 is 13.6. The number of benzene rings is 2. The predicted molar refractivity (Wildman–Crippen MR) is 120 cm³/mol. The molecule has 2 rings (SSSR count). The first-order valence-corrected chi connectivity index (χ1v) is 11.6. The lowest BCUT2D eigenvalue weighted by Gasteiger charge is -2.22. The highest BCUT2D eigenvalue weighted by Gasteiger charge is 2.23. The van der Waals surface area contributed by atoms with Crippen LogP contribution >= 0.6 is 0 Å². The number of aryl methyl sites for hydroxylation is 1. The van der Waals surface area contributed by atoms with Gasteiger partial charge < -0.3 is 5.11 Å². The topological polar surface area (TPSA) is 37.3 Å². The number of hydrogen-bond acceptors (Lipinski definition) is 2. The third-order valence-electron chi connectivity index (χ3n) is 5.05. The van der Waals surface area contributed by atoms with Crippen molar-refractivity contribution in [3.05, 3.63) is 76.7 Å². The van der Waals surface area contributed by atoms with E-state index in [4.69, 9.17) is 0 Å². The van der Waals surface area contributed by atoms with Gasteiger partial charge in [-0.1, -0.05) is 87.6 Å². The number of aliphatic hydroxyl groups is 1. The van der Waals surface area contributed by atoms with Crippen LogP contribution in [-0.4, -0.2) is 15.4 Å². The number of allylic oxidation sites excluding steroid dienone is 1. The average molecular weight is 399 g/mol. The molecule has 3 heteroatoms. The minimum atomic E-state index is -1.29. The van der Waals surface area contributed by atoms with Crippen LogP contribution in [0.3, 0.4) is 0 Å². The van der Waals surface area contributed by atoms with Crippen molar-refractivity contribution in [2.45, 2.75) is 76.2 Å². The third kappa shape index (κ3) is 6.72. The summed E-state index contributed by atoms with van der Waals surface area (Å²) in [6.45, 7) is 6.33. The van der Waals surface area contributed by atoms with E-state index >= 15 is 0 Å². The lowest BCUT2D eigenvalue weighted by atomic mass is 9.92. The molecule has 0 aromatic heterocycles. The maximum atomic E-state index is 13.6. The Morgan fingerprint density at radius 3 is 2.18 bits per heavy atom. The molecule has 0 saturated carbocycles. The highest BCUT2D eigenvalue weighted by atomic mass is 32.2. The lowest BCUT2D eigenvalue weighted by molar-refractivity contribution is 0.208. The van der Waals surface area contributed by atoms with Crippen LogP contribution in [0.2, 0.25) is 0 Å². The van der Waals surface area contributed by atoms with E-state index < -0.39 is 16.9 Å². The molecule has 2 nitrogen and oxygen atoms in total. The molecular weight excluding hydrogens is 364 g/mol. The van der Waals surface area contributed by atoms with Crippen molar-refractivity contribution in [1.82, 2.24) is 0 Å². The SMILES string of the molecule is CCCC[C@H](/C(=C/[C@H](O)CCCC)[S@@](=O)c1ccc(C)cc1)c1ccccc1. The van der Waals surface area contributed by atoms with Gasteiger partial charge in [0.1, 0.15) is 0 Å². The van der Waals surface area contributed by atoms with Crippen molar-refractivity contribution in [1.29, 1.82) is 0 Å². The van der Waals surface area contributed by atoms with E-state index in [-0.39, 0.29) is 5.92 Å². The average Bonchev–Trinajstić information content (AvgIpc) is 2.72. The van der Waals surface area contributed by atoms with Gasteiger partial charge in [-0.2, -0.15) is 0 Å². The van der Waals surface area contributed by atoms with Gasteiger partial charge in [-0.25, -0.2) is 4.21 Å². The van der Waals surface area contributed by atoms with Gasteiger partial charge in [0.15, 0.2) is 0 Å². The molecule has 0 heterocycles. The minimum absolute atomic E-state index is 0.0552. The Hall–Kier alpha value is -1.71. The van der Waals surface area contributed by atoms with Crippen molar-refractivity contribution in [3.8, 4) is 0 Å².